The van der Waals surface area contributed by atoms with Crippen molar-refractivity contribution in [3.05, 3.63) is 78.5 Å². The van der Waals surface area contributed by atoms with Gasteiger partial charge in [0.25, 0.3) is 0 Å². The molecule has 0 aliphatic carbocycles. The summed E-state index contributed by atoms with van der Waals surface area (Å²) in [6.07, 6.45) is 2.10. The summed E-state index contributed by atoms with van der Waals surface area (Å²) in [5.41, 5.74) is 5.51. The van der Waals surface area contributed by atoms with Gasteiger partial charge in [0, 0.05) is 11.8 Å². The first kappa shape index (κ1) is 12.8. The van der Waals surface area contributed by atoms with Crippen molar-refractivity contribution in [1.29, 1.82) is 0 Å². The van der Waals surface area contributed by atoms with Crippen LogP contribution < -0.4 is 0 Å². The third-order valence-corrected chi connectivity index (χ3v) is 3.82. The topological polar surface area (TPSA) is 30.2 Å². The molecule has 22 heavy (non-hydrogen) atoms. The molecule has 0 unspecified atom stereocenters. The average Bonchev–Trinajstić information content (AvgIpc) is 2.99. The molecular formula is C19H15N3. The van der Waals surface area contributed by atoms with Crippen molar-refractivity contribution in [2.45, 2.75) is 6.92 Å². The summed E-state index contributed by atoms with van der Waals surface area (Å²) in [4.78, 5) is 0. The standard InChI is InChI=1S/C19H15N3/c1-14-7-9-16(10-8-14)19-21-20-18-12-11-17(13-22(18)19)15-5-3-2-4-6-15/h2-13H,1H3. The number of aromatic nitrogens is 3. The first-order valence-electron chi connectivity index (χ1n) is 7.28. The predicted molar refractivity (Wildman–Crippen MR) is 88.6 cm³/mol. The summed E-state index contributed by atoms with van der Waals surface area (Å²) < 4.78 is 2.05. The van der Waals surface area contributed by atoms with E-state index in [-0.39, 0.29) is 0 Å². The van der Waals surface area contributed by atoms with Gasteiger partial charge in [-0.05, 0) is 30.2 Å². The molecule has 3 heteroatoms. The molecule has 0 fully saturated rings. The monoisotopic (exact) mass is 285 g/mol. The maximum absolute atomic E-state index is 4.34. The second-order valence-corrected chi connectivity index (χ2v) is 5.40. The van der Waals surface area contributed by atoms with E-state index >= 15 is 0 Å². The Kier molecular flexibility index (Phi) is 2.97. The number of hydrogen-bond donors (Lipinski definition) is 0. The van der Waals surface area contributed by atoms with E-state index in [0.717, 1.165) is 22.6 Å². The minimum absolute atomic E-state index is 0.857. The third kappa shape index (κ3) is 2.17. The fourth-order valence-corrected chi connectivity index (χ4v) is 2.59. The van der Waals surface area contributed by atoms with Crippen LogP contribution in [-0.4, -0.2) is 14.6 Å². The summed E-state index contributed by atoms with van der Waals surface area (Å²) in [5, 5.41) is 8.61. The van der Waals surface area contributed by atoms with Crippen LogP contribution in [0.3, 0.4) is 0 Å². The number of pyridine rings is 1. The summed E-state index contributed by atoms with van der Waals surface area (Å²) in [7, 11) is 0. The van der Waals surface area contributed by atoms with E-state index in [4.69, 9.17) is 0 Å². The molecule has 2 heterocycles. The van der Waals surface area contributed by atoms with E-state index < -0.39 is 0 Å². The second kappa shape index (κ2) is 5.11. The molecule has 0 amide bonds. The molecule has 0 bridgehead atoms. The number of benzene rings is 2. The highest BCUT2D eigenvalue weighted by atomic mass is 15.2. The van der Waals surface area contributed by atoms with Gasteiger partial charge in [-0.2, -0.15) is 0 Å². The first-order chi connectivity index (χ1) is 10.8. The lowest BCUT2D eigenvalue weighted by atomic mass is 10.1. The van der Waals surface area contributed by atoms with Crippen LogP contribution in [-0.2, 0) is 0 Å². The van der Waals surface area contributed by atoms with Crippen molar-refractivity contribution in [2.24, 2.45) is 0 Å². The number of hydrogen-bond acceptors (Lipinski definition) is 2. The van der Waals surface area contributed by atoms with Gasteiger partial charge >= 0.3 is 0 Å². The van der Waals surface area contributed by atoms with Crippen LogP contribution in [0.5, 0.6) is 0 Å². The van der Waals surface area contributed by atoms with Gasteiger partial charge in [0.05, 0.1) is 0 Å². The van der Waals surface area contributed by atoms with Crippen LogP contribution in [0.4, 0.5) is 0 Å². The molecule has 0 aliphatic heterocycles. The van der Waals surface area contributed by atoms with Crippen LogP contribution in [0.2, 0.25) is 0 Å². The molecular weight excluding hydrogens is 270 g/mol. The first-order valence-corrected chi connectivity index (χ1v) is 7.28. The van der Waals surface area contributed by atoms with Crippen LogP contribution in [0.25, 0.3) is 28.2 Å². The molecule has 0 saturated heterocycles. The Labute approximate surface area is 128 Å². The molecule has 3 nitrogen and oxygen atoms in total. The molecule has 0 aliphatic rings. The van der Waals surface area contributed by atoms with Crippen LogP contribution >= 0.6 is 0 Å². The lowest BCUT2D eigenvalue weighted by Gasteiger charge is -2.05. The van der Waals surface area contributed by atoms with Gasteiger partial charge in [0.2, 0.25) is 0 Å². The minimum Gasteiger partial charge on any atom is -0.282 e. The Balaban J connectivity index is 1.88. The summed E-state index contributed by atoms with van der Waals surface area (Å²) in [6.45, 7) is 2.08. The highest BCUT2D eigenvalue weighted by Crippen LogP contribution is 2.23. The van der Waals surface area contributed by atoms with E-state index in [1.807, 2.05) is 28.7 Å². The summed E-state index contributed by atoms with van der Waals surface area (Å²) >= 11 is 0. The van der Waals surface area contributed by atoms with E-state index in [2.05, 4.69) is 65.8 Å². The average molecular weight is 285 g/mol. The molecule has 2 aromatic carbocycles. The van der Waals surface area contributed by atoms with E-state index in [0.29, 0.717) is 0 Å². The Morgan fingerprint density at radius 3 is 2.18 bits per heavy atom. The quantitative estimate of drug-likeness (QED) is 0.547. The Bertz CT molecular complexity index is 922. The fraction of sp³-hybridized carbons (Fsp3) is 0.0526. The zero-order valence-corrected chi connectivity index (χ0v) is 12.3. The number of fused-ring (bicyclic) bond motifs is 1. The Hall–Kier alpha value is -2.94. The lowest BCUT2D eigenvalue weighted by molar-refractivity contribution is 1.11. The van der Waals surface area contributed by atoms with Crippen molar-refractivity contribution in [1.82, 2.24) is 14.6 Å². The lowest BCUT2D eigenvalue weighted by Crippen LogP contribution is -1.91. The second-order valence-electron chi connectivity index (χ2n) is 5.40. The molecule has 0 saturated carbocycles. The largest absolute Gasteiger partial charge is 0.282 e. The molecule has 0 radical (unpaired) electrons. The van der Waals surface area contributed by atoms with Gasteiger partial charge < -0.3 is 0 Å². The number of aryl methyl sites for hydroxylation is 1. The van der Waals surface area contributed by atoms with E-state index in [1.165, 1.54) is 11.1 Å². The van der Waals surface area contributed by atoms with Gasteiger partial charge in [-0.25, -0.2) is 0 Å². The van der Waals surface area contributed by atoms with Gasteiger partial charge in [-0.1, -0.05) is 60.2 Å². The van der Waals surface area contributed by atoms with Gasteiger partial charge in [0.1, 0.15) is 0 Å². The minimum atomic E-state index is 0.857. The fourth-order valence-electron chi connectivity index (χ4n) is 2.59. The smallest absolute Gasteiger partial charge is 0.168 e. The zero-order chi connectivity index (χ0) is 14.9. The molecule has 0 spiro atoms. The molecule has 106 valence electrons. The van der Waals surface area contributed by atoms with Crippen molar-refractivity contribution in [3.63, 3.8) is 0 Å². The molecule has 2 aromatic heterocycles. The van der Waals surface area contributed by atoms with Crippen molar-refractivity contribution < 1.29 is 0 Å². The van der Waals surface area contributed by atoms with Crippen LogP contribution in [0, 0.1) is 6.92 Å². The van der Waals surface area contributed by atoms with Crippen molar-refractivity contribution >= 4 is 5.65 Å². The predicted octanol–water partition coefficient (Wildman–Crippen LogP) is 4.37. The van der Waals surface area contributed by atoms with E-state index in [9.17, 15) is 0 Å². The van der Waals surface area contributed by atoms with Crippen molar-refractivity contribution in [3.8, 4) is 22.5 Å². The van der Waals surface area contributed by atoms with Crippen molar-refractivity contribution in [2.75, 3.05) is 0 Å². The number of nitrogens with zero attached hydrogens (tertiary/aromatic N) is 3. The maximum atomic E-state index is 4.34. The maximum Gasteiger partial charge on any atom is 0.168 e. The van der Waals surface area contributed by atoms with Crippen LogP contribution in [0.1, 0.15) is 5.56 Å². The van der Waals surface area contributed by atoms with Gasteiger partial charge in [0.15, 0.2) is 11.5 Å². The summed E-state index contributed by atoms with van der Waals surface area (Å²) in [5.74, 6) is 0.868. The third-order valence-electron chi connectivity index (χ3n) is 3.82. The van der Waals surface area contributed by atoms with Crippen LogP contribution in [0.15, 0.2) is 72.9 Å². The van der Waals surface area contributed by atoms with Gasteiger partial charge in [-0.15, -0.1) is 10.2 Å². The molecule has 4 rings (SSSR count). The van der Waals surface area contributed by atoms with E-state index in [1.54, 1.807) is 0 Å². The Morgan fingerprint density at radius 1 is 0.682 bits per heavy atom. The number of rotatable bonds is 2. The highest BCUT2D eigenvalue weighted by molar-refractivity contribution is 5.67. The normalized spacial score (nSPS) is 11.0. The Morgan fingerprint density at radius 2 is 1.41 bits per heavy atom. The molecule has 0 atom stereocenters. The van der Waals surface area contributed by atoms with Gasteiger partial charge in [-0.3, -0.25) is 4.40 Å². The SMILES string of the molecule is Cc1ccc(-c2nnc3ccc(-c4ccccc4)cn23)cc1. The molecule has 0 N–H and O–H groups in total. The summed E-state index contributed by atoms with van der Waals surface area (Å²) in [6, 6.07) is 22.8. The highest BCUT2D eigenvalue weighted by Gasteiger charge is 2.09. The molecule has 4 aromatic rings. The zero-order valence-electron chi connectivity index (χ0n) is 12.3.